The Kier molecular flexibility index (Phi) is 10.9. The van der Waals surface area contributed by atoms with E-state index in [-0.39, 0.29) is 57.3 Å². The summed E-state index contributed by atoms with van der Waals surface area (Å²) < 4.78 is 85.8. The zero-order valence-electron chi connectivity index (χ0n) is 31.7. The van der Waals surface area contributed by atoms with Gasteiger partial charge >= 0.3 is 12.2 Å². The second-order valence-corrected chi connectivity index (χ2v) is 16.7. The normalized spacial score (nSPS) is 19.2. The lowest BCUT2D eigenvalue weighted by Crippen LogP contribution is -2.57. The summed E-state index contributed by atoms with van der Waals surface area (Å²) in [6, 6.07) is 13.9. The Hall–Kier alpha value is -5.66. The number of carbonyl (C=O) groups is 4. The molecule has 0 saturated carbocycles. The fourth-order valence-electron chi connectivity index (χ4n) is 7.23. The van der Waals surface area contributed by atoms with E-state index in [1.165, 1.54) is 54.3 Å². The Bertz CT molecular complexity index is 2350. The van der Waals surface area contributed by atoms with Gasteiger partial charge in [-0.15, -0.1) is 0 Å². The Morgan fingerprint density at radius 2 is 1.53 bits per heavy atom. The summed E-state index contributed by atoms with van der Waals surface area (Å²) in [6.45, 7) is 6.44. The van der Waals surface area contributed by atoms with Gasteiger partial charge in [-0.3, -0.25) is 29.1 Å². The van der Waals surface area contributed by atoms with Crippen LogP contribution in [0.5, 0.6) is 11.5 Å². The van der Waals surface area contributed by atoms with Crippen LogP contribution in [-0.4, -0.2) is 119 Å². The number of rotatable bonds is 13. The minimum absolute atomic E-state index is 0.0542. The number of alkyl halides is 3. The summed E-state index contributed by atoms with van der Waals surface area (Å²) in [4.78, 5) is 64.1. The monoisotopic (exact) mass is 824 g/mol. The van der Waals surface area contributed by atoms with Gasteiger partial charge < -0.3 is 18.9 Å². The molecule has 4 heterocycles. The highest BCUT2D eigenvalue weighted by atomic mass is 32.2. The van der Waals surface area contributed by atoms with Gasteiger partial charge in [-0.2, -0.15) is 18.2 Å². The van der Waals surface area contributed by atoms with Crippen LogP contribution in [0, 0.1) is 5.92 Å². The number of sulfone groups is 1. The molecule has 306 valence electrons. The lowest BCUT2D eigenvalue weighted by molar-refractivity contribution is -0.138. The number of hydrogen-bond donors (Lipinski definition) is 0. The number of fused-ring (bicyclic) bond motifs is 1. The summed E-state index contributed by atoms with van der Waals surface area (Å²) in [5, 5.41) is 3.82. The predicted molar refractivity (Wildman–Crippen MR) is 198 cm³/mol. The lowest BCUT2D eigenvalue weighted by atomic mass is 9.99. The third-order valence-corrected chi connectivity index (χ3v) is 12.2. The quantitative estimate of drug-likeness (QED) is 0.129. The molecular weight excluding hydrogens is 786 g/mol. The fraction of sp³-hybridized carbons (Fsp3) is 0.385. The maximum Gasteiger partial charge on any atom is 0.420 e. The van der Waals surface area contributed by atoms with Crippen LogP contribution in [0.1, 0.15) is 52.9 Å². The summed E-state index contributed by atoms with van der Waals surface area (Å²) in [7, 11) is -3.90. The van der Waals surface area contributed by atoms with Crippen molar-refractivity contribution >= 4 is 33.6 Å². The number of imide groups is 2. The van der Waals surface area contributed by atoms with Gasteiger partial charge in [-0.1, -0.05) is 43.3 Å². The van der Waals surface area contributed by atoms with Crippen molar-refractivity contribution in [1.29, 1.82) is 0 Å². The first-order chi connectivity index (χ1) is 27.5. The Labute approximate surface area is 331 Å². The minimum atomic E-state index is -4.97. The van der Waals surface area contributed by atoms with E-state index < -0.39 is 69.7 Å². The van der Waals surface area contributed by atoms with Gasteiger partial charge in [-0.25, -0.2) is 13.2 Å². The van der Waals surface area contributed by atoms with Crippen molar-refractivity contribution in [1.82, 2.24) is 29.7 Å². The molecule has 0 spiro atoms. The van der Waals surface area contributed by atoms with Crippen molar-refractivity contribution in [2.75, 3.05) is 51.7 Å². The number of urea groups is 1. The van der Waals surface area contributed by atoms with Gasteiger partial charge in [0.15, 0.2) is 9.84 Å². The number of ether oxygens (including phenoxy) is 2. The van der Waals surface area contributed by atoms with Crippen molar-refractivity contribution < 1.29 is 54.8 Å². The second kappa shape index (κ2) is 15.6. The molecule has 0 aliphatic carbocycles. The van der Waals surface area contributed by atoms with Crippen molar-refractivity contribution in [3.8, 4) is 22.9 Å². The third-order valence-electron chi connectivity index (χ3n) is 10.1. The average Bonchev–Trinajstić information content (AvgIpc) is 3.80. The molecule has 2 fully saturated rings. The van der Waals surface area contributed by atoms with E-state index in [9.17, 15) is 40.8 Å². The van der Waals surface area contributed by atoms with Crippen molar-refractivity contribution in [2.24, 2.45) is 5.92 Å². The van der Waals surface area contributed by atoms with E-state index >= 15 is 0 Å². The summed E-state index contributed by atoms with van der Waals surface area (Å²) in [6.07, 6.45) is -4.97. The largest absolute Gasteiger partial charge is 0.455 e. The van der Waals surface area contributed by atoms with Gasteiger partial charge in [0.2, 0.25) is 11.7 Å². The maximum absolute atomic E-state index is 14.5. The van der Waals surface area contributed by atoms with Crippen LogP contribution < -0.4 is 4.74 Å². The molecule has 3 aliphatic rings. The second-order valence-electron chi connectivity index (χ2n) is 14.7. The molecule has 3 aromatic carbocycles. The van der Waals surface area contributed by atoms with Crippen LogP contribution in [0.3, 0.4) is 0 Å². The molecule has 58 heavy (non-hydrogen) atoms. The van der Waals surface area contributed by atoms with Gasteiger partial charge in [0.1, 0.15) is 28.5 Å². The topological polar surface area (TPSA) is 173 Å². The number of amides is 5. The molecule has 3 aliphatic heterocycles. The predicted octanol–water partition coefficient (Wildman–Crippen LogP) is 5.13. The van der Waals surface area contributed by atoms with Crippen molar-refractivity contribution in [3.63, 3.8) is 0 Å². The summed E-state index contributed by atoms with van der Waals surface area (Å²) in [5.41, 5.74) is -2.76. The minimum Gasteiger partial charge on any atom is -0.455 e. The molecule has 0 bridgehead atoms. The van der Waals surface area contributed by atoms with Crippen LogP contribution in [-0.2, 0) is 32.1 Å². The van der Waals surface area contributed by atoms with Crippen LogP contribution in [0.4, 0.5) is 18.0 Å². The van der Waals surface area contributed by atoms with Gasteiger partial charge in [0, 0.05) is 31.7 Å². The van der Waals surface area contributed by atoms with E-state index in [0.29, 0.717) is 38.9 Å². The highest BCUT2D eigenvalue weighted by Crippen LogP contribution is 2.42. The maximum atomic E-state index is 14.5. The van der Waals surface area contributed by atoms with E-state index in [1.54, 1.807) is 26.0 Å². The molecule has 5 amide bonds. The molecule has 0 radical (unpaired) electrons. The van der Waals surface area contributed by atoms with Crippen molar-refractivity contribution in [2.45, 2.75) is 43.9 Å². The zero-order chi connectivity index (χ0) is 41.6. The first-order valence-electron chi connectivity index (χ1n) is 18.4. The first-order valence-corrected chi connectivity index (χ1v) is 20.1. The van der Waals surface area contributed by atoms with E-state index in [2.05, 4.69) is 15.0 Å². The molecule has 4 aromatic rings. The molecule has 1 unspecified atom stereocenters. The number of benzene rings is 3. The molecular formula is C39H39F3N6O9S. The number of aromatic nitrogens is 2. The SMILES string of the molecule is CC(C)CS(=O)(=O)c1ccccc1Oc1ccc(-c2noc(CN3C(=O)N(CCN4CCOCC4)C(C)(CN4C(=O)c5ccccc5C4=O)C3=O)n2)cc1C(F)(F)F. The van der Waals surface area contributed by atoms with Crippen molar-refractivity contribution in [3.05, 3.63) is 89.3 Å². The van der Waals surface area contributed by atoms with Crippen LogP contribution in [0.2, 0.25) is 0 Å². The van der Waals surface area contributed by atoms with Gasteiger partial charge in [0.05, 0.1) is 42.2 Å². The van der Waals surface area contributed by atoms with Crippen LogP contribution >= 0.6 is 0 Å². The van der Waals surface area contributed by atoms with Crippen LogP contribution in [0.15, 0.2) is 76.1 Å². The molecule has 1 atom stereocenters. The third kappa shape index (κ3) is 7.80. The summed E-state index contributed by atoms with van der Waals surface area (Å²) in [5.74, 6) is -4.00. The number of morpholine rings is 1. The average molecular weight is 825 g/mol. The Balaban J connectivity index is 1.14. The summed E-state index contributed by atoms with van der Waals surface area (Å²) >= 11 is 0. The smallest absolute Gasteiger partial charge is 0.420 e. The van der Waals surface area contributed by atoms with E-state index in [0.717, 1.165) is 15.9 Å². The molecule has 1 aromatic heterocycles. The standard InChI is InChI=1S/C39H39F3N6O9S/c1-24(2)22-58(53,54)31-11-7-6-10-30(31)56-29-13-12-25(20-28(29)39(40,41)42)33-43-32(57-44-33)21-46-36(51)38(3,48(37(46)52)15-14-45-16-18-55-19-17-45)23-47-34(49)26-8-4-5-9-27(26)35(47)50/h4-13,20,24H,14-19,21-23H2,1-3H3. The Morgan fingerprint density at radius 3 is 2.19 bits per heavy atom. The molecule has 2 saturated heterocycles. The molecule has 19 heteroatoms. The van der Waals surface area contributed by atoms with E-state index in [1.807, 2.05) is 0 Å². The zero-order valence-corrected chi connectivity index (χ0v) is 32.5. The lowest BCUT2D eigenvalue weighted by Gasteiger charge is -2.36. The Morgan fingerprint density at radius 1 is 0.879 bits per heavy atom. The number of carbonyl (C=O) groups excluding carboxylic acids is 4. The number of halogens is 3. The molecule has 15 nitrogen and oxygen atoms in total. The number of para-hydroxylation sites is 1. The molecule has 7 rings (SSSR count). The fourth-order valence-corrected chi connectivity index (χ4v) is 8.99. The number of nitrogens with zero attached hydrogens (tertiary/aromatic N) is 6. The highest BCUT2D eigenvalue weighted by Gasteiger charge is 2.57. The van der Waals surface area contributed by atoms with E-state index in [4.69, 9.17) is 14.0 Å². The number of hydrogen-bond acceptors (Lipinski definition) is 12. The van der Waals surface area contributed by atoms with Gasteiger partial charge in [0.25, 0.3) is 17.7 Å². The first kappa shape index (κ1) is 40.5. The van der Waals surface area contributed by atoms with Crippen LogP contribution in [0.25, 0.3) is 11.4 Å². The highest BCUT2D eigenvalue weighted by molar-refractivity contribution is 7.91. The van der Waals surface area contributed by atoms with Gasteiger partial charge in [-0.05, 0) is 55.3 Å². The molecule has 0 N–H and O–H groups in total.